The Labute approximate surface area is 99.9 Å². The third kappa shape index (κ3) is 2.78. The standard InChI is InChI=1S/C14H27NO/c1-3-10-4-6-11(7-5-10)13(15)14(16-2)12-8-9-12/h10-14H,3-9,15H2,1-2H3. The molecule has 2 atom stereocenters. The topological polar surface area (TPSA) is 35.2 Å². The lowest BCUT2D eigenvalue weighted by Gasteiger charge is -2.35. The van der Waals surface area contributed by atoms with Crippen molar-refractivity contribution in [3.05, 3.63) is 0 Å². The summed E-state index contributed by atoms with van der Waals surface area (Å²) in [5, 5.41) is 0. The molecule has 0 spiro atoms. The molecule has 2 rings (SSSR count). The van der Waals surface area contributed by atoms with Gasteiger partial charge in [0.25, 0.3) is 0 Å². The average molecular weight is 225 g/mol. The molecule has 0 aromatic rings. The van der Waals surface area contributed by atoms with Gasteiger partial charge in [0.05, 0.1) is 6.10 Å². The van der Waals surface area contributed by atoms with Crippen molar-refractivity contribution < 1.29 is 4.74 Å². The van der Waals surface area contributed by atoms with Gasteiger partial charge in [-0.05, 0) is 43.4 Å². The predicted octanol–water partition coefficient (Wildman–Crippen LogP) is 2.96. The zero-order valence-electron chi connectivity index (χ0n) is 10.8. The molecule has 0 bridgehead atoms. The summed E-state index contributed by atoms with van der Waals surface area (Å²) in [7, 11) is 1.83. The van der Waals surface area contributed by atoms with Crippen LogP contribution >= 0.6 is 0 Å². The van der Waals surface area contributed by atoms with Gasteiger partial charge in [-0.2, -0.15) is 0 Å². The summed E-state index contributed by atoms with van der Waals surface area (Å²) in [6, 6.07) is 0.287. The van der Waals surface area contributed by atoms with Gasteiger partial charge in [0.2, 0.25) is 0 Å². The lowest BCUT2D eigenvalue weighted by molar-refractivity contribution is 0.0348. The van der Waals surface area contributed by atoms with Crippen molar-refractivity contribution in [1.29, 1.82) is 0 Å². The monoisotopic (exact) mass is 225 g/mol. The summed E-state index contributed by atoms with van der Waals surface area (Å²) in [5.74, 6) is 2.45. The molecule has 2 heteroatoms. The van der Waals surface area contributed by atoms with Gasteiger partial charge in [-0.3, -0.25) is 0 Å². The highest BCUT2D eigenvalue weighted by Gasteiger charge is 2.39. The molecule has 2 N–H and O–H groups in total. The molecule has 2 aliphatic carbocycles. The second-order valence-corrected chi connectivity index (χ2v) is 5.80. The molecule has 0 aromatic heterocycles. The van der Waals surface area contributed by atoms with Gasteiger partial charge in [0.1, 0.15) is 0 Å². The van der Waals surface area contributed by atoms with Crippen LogP contribution in [0.3, 0.4) is 0 Å². The molecule has 0 radical (unpaired) electrons. The van der Waals surface area contributed by atoms with Crippen molar-refractivity contribution >= 4 is 0 Å². The minimum atomic E-state index is 0.287. The molecule has 2 unspecified atom stereocenters. The number of hydrogen-bond acceptors (Lipinski definition) is 2. The van der Waals surface area contributed by atoms with E-state index in [4.69, 9.17) is 10.5 Å². The molecule has 0 amide bonds. The van der Waals surface area contributed by atoms with Crippen molar-refractivity contribution in [2.45, 2.75) is 64.0 Å². The highest BCUT2D eigenvalue weighted by Crippen LogP contribution is 2.40. The summed E-state index contributed by atoms with van der Waals surface area (Å²) in [5.41, 5.74) is 6.41. The first-order valence-corrected chi connectivity index (χ1v) is 7.04. The molecular weight excluding hydrogens is 198 g/mol. The second kappa shape index (κ2) is 5.50. The van der Waals surface area contributed by atoms with E-state index in [1.54, 1.807) is 0 Å². The molecular formula is C14H27NO. The molecule has 2 saturated carbocycles. The fourth-order valence-corrected chi connectivity index (χ4v) is 3.34. The minimum absolute atomic E-state index is 0.287. The van der Waals surface area contributed by atoms with Crippen LogP contribution in [0.15, 0.2) is 0 Å². The van der Waals surface area contributed by atoms with E-state index in [2.05, 4.69) is 6.92 Å². The number of methoxy groups -OCH3 is 1. The second-order valence-electron chi connectivity index (χ2n) is 5.80. The number of rotatable bonds is 5. The van der Waals surface area contributed by atoms with Gasteiger partial charge in [-0.15, -0.1) is 0 Å². The highest BCUT2D eigenvalue weighted by molar-refractivity contribution is 4.93. The van der Waals surface area contributed by atoms with Gasteiger partial charge >= 0.3 is 0 Å². The molecule has 2 aliphatic rings. The third-order valence-electron chi connectivity index (χ3n) is 4.75. The van der Waals surface area contributed by atoms with Crippen LogP contribution in [-0.2, 0) is 4.74 Å². The zero-order chi connectivity index (χ0) is 11.5. The van der Waals surface area contributed by atoms with Gasteiger partial charge in [-0.25, -0.2) is 0 Å². The molecule has 0 saturated heterocycles. The summed E-state index contributed by atoms with van der Waals surface area (Å²) in [6.45, 7) is 2.31. The van der Waals surface area contributed by atoms with E-state index in [1.807, 2.05) is 7.11 Å². The first kappa shape index (κ1) is 12.4. The Morgan fingerprint density at radius 3 is 2.06 bits per heavy atom. The van der Waals surface area contributed by atoms with Gasteiger partial charge in [0, 0.05) is 13.2 Å². The molecule has 2 nitrogen and oxygen atoms in total. The molecule has 0 aliphatic heterocycles. The molecule has 0 heterocycles. The van der Waals surface area contributed by atoms with Crippen LogP contribution in [0.25, 0.3) is 0 Å². The maximum Gasteiger partial charge on any atom is 0.0752 e. The lowest BCUT2D eigenvalue weighted by Crippen LogP contribution is -2.44. The van der Waals surface area contributed by atoms with Crippen LogP contribution in [-0.4, -0.2) is 19.3 Å². The predicted molar refractivity (Wildman–Crippen MR) is 67.2 cm³/mol. The van der Waals surface area contributed by atoms with Crippen molar-refractivity contribution in [1.82, 2.24) is 0 Å². The fourth-order valence-electron chi connectivity index (χ4n) is 3.34. The van der Waals surface area contributed by atoms with Crippen LogP contribution in [0, 0.1) is 17.8 Å². The molecule has 2 fully saturated rings. The zero-order valence-corrected chi connectivity index (χ0v) is 10.8. The quantitative estimate of drug-likeness (QED) is 0.780. The molecule has 0 aromatic carbocycles. The summed E-state index contributed by atoms with van der Waals surface area (Å²) < 4.78 is 5.62. The largest absolute Gasteiger partial charge is 0.380 e. The maximum absolute atomic E-state index is 6.41. The third-order valence-corrected chi connectivity index (χ3v) is 4.75. The van der Waals surface area contributed by atoms with Crippen molar-refractivity contribution in [3.63, 3.8) is 0 Å². The smallest absolute Gasteiger partial charge is 0.0752 e. The summed E-state index contributed by atoms with van der Waals surface area (Å²) >= 11 is 0. The van der Waals surface area contributed by atoms with E-state index >= 15 is 0 Å². The number of hydrogen-bond donors (Lipinski definition) is 1. The minimum Gasteiger partial charge on any atom is -0.380 e. The maximum atomic E-state index is 6.41. The van der Waals surface area contributed by atoms with Gasteiger partial charge < -0.3 is 10.5 Å². The number of ether oxygens (including phenoxy) is 1. The van der Waals surface area contributed by atoms with Crippen molar-refractivity contribution in [2.24, 2.45) is 23.5 Å². The van der Waals surface area contributed by atoms with Crippen LogP contribution in [0.2, 0.25) is 0 Å². The Kier molecular flexibility index (Phi) is 4.26. The Morgan fingerprint density at radius 1 is 1.06 bits per heavy atom. The van der Waals surface area contributed by atoms with E-state index in [1.165, 1.54) is 44.9 Å². The van der Waals surface area contributed by atoms with E-state index in [-0.39, 0.29) is 6.04 Å². The van der Waals surface area contributed by atoms with Gasteiger partial charge in [0.15, 0.2) is 0 Å². The van der Waals surface area contributed by atoms with E-state index in [0.29, 0.717) is 12.0 Å². The molecule has 16 heavy (non-hydrogen) atoms. The Morgan fingerprint density at radius 2 is 1.62 bits per heavy atom. The summed E-state index contributed by atoms with van der Waals surface area (Å²) in [4.78, 5) is 0. The average Bonchev–Trinajstić information content (AvgIpc) is 3.14. The van der Waals surface area contributed by atoms with Crippen LogP contribution in [0.5, 0.6) is 0 Å². The van der Waals surface area contributed by atoms with Gasteiger partial charge in [-0.1, -0.05) is 26.2 Å². The Balaban J connectivity index is 1.82. The van der Waals surface area contributed by atoms with Crippen LogP contribution in [0.1, 0.15) is 51.9 Å². The Bertz CT molecular complexity index is 207. The SMILES string of the molecule is CCC1CCC(C(N)C(OC)C2CC2)CC1. The van der Waals surface area contributed by atoms with E-state index in [0.717, 1.165) is 11.8 Å². The normalized spacial score (nSPS) is 34.7. The Hall–Kier alpha value is -0.0800. The van der Waals surface area contributed by atoms with E-state index in [9.17, 15) is 0 Å². The first-order chi connectivity index (χ1) is 7.76. The first-order valence-electron chi connectivity index (χ1n) is 7.04. The van der Waals surface area contributed by atoms with E-state index < -0.39 is 0 Å². The fraction of sp³-hybridized carbons (Fsp3) is 1.00. The van der Waals surface area contributed by atoms with Crippen molar-refractivity contribution in [3.8, 4) is 0 Å². The number of nitrogens with two attached hydrogens (primary N) is 1. The molecule has 94 valence electrons. The van der Waals surface area contributed by atoms with Crippen LogP contribution < -0.4 is 5.73 Å². The van der Waals surface area contributed by atoms with Crippen LogP contribution in [0.4, 0.5) is 0 Å². The highest BCUT2D eigenvalue weighted by atomic mass is 16.5. The summed E-state index contributed by atoms with van der Waals surface area (Å²) in [6.07, 6.45) is 9.76. The van der Waals surface area contributed by atoms with Crippen molar-refractivity contribution in [2.75, 3.05) is 7.11 Å². The lowest BCUT2D eigenvalue weighted by atomic mass is 9.76.